The van der Waals surface area contributed by atoms with Crippen LogP contribution in [0.1, 0.15) is 44.5 Å². The van der Waals surface area contributed by atoms with E-state index in [0.29, 0.717) is 17.3 Å². The van der Waals surface area contributed by atoms with Gasteiger partial charge in [-0.1, -0.05) is 20.3 Å². The molecule has 1 amide bonds. The average molecular weight is 270 g/mol. The number of nitrogen functional groups attached to an aromatic ring is 1. The van der Waals surface area contributed by atoms with E-state index in [9.17, 15) is 4.79 Å². The van der Waals surface area contributed by atoms with Gasteiger partial charge in [-0.25, -0.2) is 0 Å². The summed E-state index contributed by atoms with van der Waals surface area (Å²) < 4.78 is 4.04. The molecule has 6 heteroatoms. The van der Waals surface area contributed by atoms with Gasteiger partial charge in [0.25, 0.3) is 5.91 Å². The number of carbonyl (C=O) groups is 1. The van der Waals surface area contributed by atoms with Gasteiger partial charge in [-0.2, -0.15) is 4.37 Å². The van der Waals surface area contributed by atoms with Gasteiger partial charge in [-0.15, -0.1) is 0 Å². The van der Waals surface area contributed by atoms with E-state index in [1.54, 1.807) is 0 Å². The summed E-state index contributed by atoms with van der Waals surface area (Å²) >= 11 is 1.24. The number of nitrogens with one attached hydrogen (secondary N) is 2. The Morgan fingerprint density at radius 2 is 2.11 bits per heavy atom. The molecule has 0 spiro atoms. The summed E-state index contributed by atoms with van der Waals surface area (Å²) in [4.78, 5) is 12.0. The molecular weight excluding hydrogens is 248 g/mol. The second kappa shape index (κ2) is 6.58. The van der Waals surface area contributed by atoms with Gasteiger partial charge in [0, 0.05) is 12.6 Å². The molecule has 5 nitrogen and oxygen atoms in total. The monoisotopic (exact) mass is 270 g/mol. The fourth-order valence-electron chi connectivity index (χ4n) is 1.39. The lowest BCUT2D eigenvalue weighted by molar-refractivity contribution is 0.0945. The number of rotatable bonds is 6. The maximum atomic E-state index is 12.0. The second-order valence-electron chi connectivity index (χ2n) is 4.79. The van der Waals surface area contributed by atoms with Crippen LogP contribution in [-0.4, -0.2) is 22.9 Å². The molecule has 0 saturated heterocycles. The highest BCUT2D eigenvalue weighted by Gasteiger charge is 2.19. The Kier molecular flexibility index (Phi) is 5.40. The fourth-order valence-corrected chi connectivity index (χ4v) is 2.11. The molecule has 1 aromatic rings. The molecule has 4 N–H and O–H groups in total. The maximum Gasteiger partial charge on any atom is 0.258 e. The van der Waals surface area contributed by atoms with Crippen LogP contribution >= 0.6 is 11.5 Å². The molecule has 0 fully saturated rings. The SMILES string of the molecule is CCC(C)CNc1snc(N)c1C(=O)NC(C)C. The molecule has 1 atom stereocenters. The van der Waals surface area contributed by atoms with Gasteiger partial charge in [0.2, 0.25) is 0 Å². The minimum Gasteiger partial charge on any atom is -0.382 e. The Morgan fingerprint density at radius 1 is 1.44 bits per heavy atom. The van der Waals surface area contributed by atoms with Gasteiger partial charge >= 0.3 is 0 Å². The van der Waals surface area contributed by atoms with Crippen LogP contribution in [0, 0.1) is 5.92 Å². The fraction of sp³-hybridized carbons (Fsp3) is 0.667. The van der Waals surface area contributed by atoms with E-state index in [-0.39, 0.29) is 11.9 Å². The maximum absolute atomic E-state index is 12.0. The van der Waals surface area contributed by atoms with Crippen LogP contribution in [0.4, 0.5) is 10.8 Å². The minimum atomic E-state index is -0.164. The normalized spacial score (nSPS) is 12.5. The Hall–Kier alpha value is -1.30. The van der Waals surface area contributed by atoms with Gasteiger partial charge in [-0.05, 0) is 31.3 Å². The summed E-state index contributed by atoms with van der Waals surface area (Å²) in [5.74, 6) is 0.682. The Morgan fingerprint density at radius 3 is 2.67 bits per heavy atom. The molecule has 0 bridgehead atoms. The number of amides is 1. The summed E-state index contributed by atoms with van der Waals surface area (Å²) in [5, 5.41) is 6.85. The highest BCUT2D eigenvalue weighted by molar-refractivity contribution is 7.11. The van der Waals surface area contributed by atoms with Gasteiger partial charge in [0.1, 0.15) is 10.6 Å². The van der Waals surface area contributed by atoms with Crippen molar-refractivity contribution < 1.29 is 4.79 Å². The number of nitrogens with two attached hydrogens (primary N) is 1. The minimum absolute atomic E-state index is 0.0826. The average Bonchev–Trinajstić information content (AvgIpc) is 2.66. The topological polar surface area (TPSA) is 80.0 Å². The first-order valence-electron chi connectivity index (χ1n) is 6.25. The van der Waals surface area contributed by atoms with E-state index in [2.05, 4.69) is 28.9 Å². The molecule has 0 radical (unpaired) electrons. The lowest BCUT2D eigenvalue weighted by Crippen LogP contribution is -2.31. The zero-order valence-electron chi connectivity index (χ0n) is 11.4. The highest BCUT2D eigenvalue weighted by Crippen LogP contribution is 2.27. The first-order chi connectivity index (χ1) is 8.45. The number of hydrogen-bond acceptors (Lipinski definition) is 5. The van der Waals surface area contributed by atoms with Gasteiger partial charge in [0.05, 0.1) is 0 Å². The van der Waals surface area contributed by atoms with Crippen molar-refractivity contribution in [2.45, 2.75) is 40.2 Å². The Balaban J connectivity index is 2.78. The number of aromatic nitrogens is 1. The lowest BCUT2D eigenvalue weighted by Gasteiger charge is -2.12. The number of carbonyl (C=O) groups excluding carboxylic acids is 1. The summed E-state index contributed by atoms with van der Waals surface area (Å²) in [6.07, 6.45) is 1.09. The molecule has 0 aliphatic rings. The third-order valence-corrected chi connectivity index (χ3v) is 3.49. The molecule has 0 aliphatic heterocycles. The lowest BCUT2D eigenvalue weighted by atomic mass is 10.1. The summed E-state index contributed by atoms with van der Waals surface area (Å²) in [5.41, 5.74) is 6.22. The van der Waals surface area contributed by atoms with Crippen molar-refractivity contribution in [3.63, 3.8) is 0 Å². The van der Waals surface area contributed by atoms with Crippen molar-refractivity contribution in [1.29, 1.82) is 0 Å². The van der Waals surface area contributed by atoms with E-state index in [1.165, 1.54) is 11.5 Å². The second-order valence-corrected chi connectivity index (χ2v) is 5.57. The molecule has 18 heavy (non-hydrogen) atoms. The Bertz CT molecular complexity index is 403. The van der Waals surface area contributed by atoms with Crippen LogP contribution in [0.25, 0.3) is 0 Å². The van der Waals surface area contributed by atoms with Crippen molar-refractivity contribution in [2.24, 2.45) is 5.92 Å². The summed E-state index contributed by atoms with van der Waals surface area (Å²) in [6, 6.07) is 0.0826. The van der Waals surface area contributed by atoms with Crippen LogP contribution in [-0.2, 0) is 0 Å². The van der Waals surface area contributed by atoms with Crippen LogP contribution in [0.2, 0.25) is 0 Å². The smallest absolute Gasteiger partial charge is 0.258 e. The number of hydrogen-bond donors (Lipinski definition) is 3. The molecule has 0 aliphatic carbocycles. The van der Waals surface area contributed by atoms with E-state index in [4.69, 9.17) is 5.73 Å². The predicted octanol–water partition coefficient (Wildman–Crippen LogP) is 2.32. The summed E-state index contributed by atoms with van der Waals surface area (Å²) in [6.45, 7) is 8.95. The van der Waals surface area contributed by atoms with Crippen molar-refractivity contribution in [2.75, 3.05) is 17.6 Å². The van der Waals surface area contributed by atoms with Crippen molar-refractivity contribution in [3.05, 3.63) is 5.56 Å². The molecule has 0 aromatic carbocycles. The van der Waals surface area contributed by atoms with Crippen LogP contribution in [0.3, 0.4) is 0 Å². The van der Waals surface area contributed by atoms with Gasteiger partial charge < -0.3 is 16.4 Å². The number of nitrogens with zero attached hydrogens (tertiary/aromatic N) is 1. The van der Waals surface area contributed by atoms with Crippen LogP contribution < -0.4 is 16.4 Å². The first kappa shape index (κ1) is 14.8. The summed E-state index contributed by atoms with van der Waals surface area (Å²) in [7, 11) is 0. The number of anilines is 2. The van der Waals surface area contributed by atoms with Crippen molar-refractivity contribution >= 4 is 28.3 Å². The van der Waals surface area contributed by atoms with E-state index < -0.39 is 0 Å². The molecule has 1 unspecified atom stereocenters. The van der Waals surface area contributed by atoms with Gasteiger partial charge in [0.15, 0.2) is 5.82 Å². The third kappa shape index (κ3) is 3.87. The Labute approximate surface area is 112 Å². The van der Waals surface area contributed by atoms with Crippen molar-refractivity contribution in [1.82, 2.24) is 9.69 Å². The van der Waals surface area contributed by atoms with Crippen LogP contribution in [0.5, 0.6) is 0 Å². The zero-order valence-corrected chi connectivity index (χ0v) is 12.2. The molecule has 102 valence electrons. The third-order valence-electron chi connectivity index (χ3n) is 2.67. The van der Waals surface area contributed by atoms with E-state index in [1.807, 2.05) is 13.8 Å². The standard InChI is InChI=1S/C12H22N4OS/c1-5-8(4)6-14-12-9(10(13)16-18-12)11(17)15-7(2)3/h7-8,14H,5-6H2,1-4H3,(H2,13,16)(H,15,17). The highest BCUT2D eigenvalue weighted by atomic mass is 32.1. The van der Waals surface area contributed by atoms with Crippen molar-refractivity contribution in [3.8, 4) is 0 Å². The first-order valence-corrected chi connectivity index (χ1v) is 7.02. The molecule has 0 saturated carbocycles. The molecule has 1 aromatic heterocycles. The quantitative estimate of drug-likeness (QED) is 0.741. The van der Waals surface area contributed by atoms with Gasteiger partial charge in [-0.3, -0.25) is 4.79 Å². The molecule has 1 rings (SSSR count). The molecule has 1 heterocycles. The van der Waals surface area contributed by atoms with E-state index >= 15 is 0 Å². The van der Waals surface area contributed by atoms with Crippen LogP contribution in [0.15, 0.2) is 0 Å². The molecular formula is C12H22N4OS. The largest absolute Gasteiger partial charge is 0.382 e. The predicted molar refractivity (Wildman–Crippen MR) is 77.1 cm³/mol. The zero-order chi connectivity index (χ0) is 13.7. The van der Waals surface area contributed by atoms with E-state index in [0.717, 1.165) is 18.0 Å².